The number of rotatable bonds is 9. The molecule has 1 aliphatic rings. The molecule has 1 aromatic rings. The normalized spacial score (nSPS) is 16.3. The molecule has 1 aliphatic heterocycles. The fraction of sp³-hybridized carbons (Fsp3) is 0.611. The number of hydrogen-bond donors (Lipinski definition) is 0. The molecule has 0 saturated carbocycles. The minimum atomic E-state index is -3.76. The molecule has 28 heavy (non-hydrogen) atoms. The summed E-state index contributed by atoms with van der Waals surface area (Å²) in [4.78, 5) is 14.6. The Morgan fingerprint density at radius 3 is 2.25 bits per heavy atom. The highest BCUT2D eigenvalue weighted by molar-refractivity contribution is 7.89. The van der Waals surface area contributed by atoms with Gasteiger partial charge in [-0.25, -0.2) is 8.42 Å². The molecule has 0 radical (unpaired) electrons. The fourth-order valence-electron chi connectivity index (χ4n) is 3.15. The van der Waals surface area contributed by atoms with Crippen LogP contribution in [-0.2, 0) is 24.3 Å². The average molecular weight is 453 g/mol. The second kappa shape index (κ2) is 10.8. The van der Waals surface area contributed by atoms with Gasteiger partial charge in [0.25, 0.3) is 0 Å². The van der Waals surface area contributed by atoms with Crippen LogP contribution >= 0.6 is 23.2 Å². The van der Waals surface area contributed by atoms with Crippen LogP contribution in [-0.4, -0.2) is 77.1 Å². The summed E-state index contributed by atoms with van der Waals surface area (Å²) in [5, 5.41) is 0.438. The fourth-order valence-corrected chi connectivity index (χ4v) is 5.36. The minimum absolute atomic E-state index is 0.00624. The number of hydrogen-bond acceptors (Lipinski definition) is 5. The largest absolute Gasteiger partial charge is 0.383 e. The molecule has 0 spiro atoms. The third kappa shape index (κ3) is 5.81. The third-order valence-electron chi connectivity index (χ3n) is 4.76. The van der Waals surface area contributed by atoms with Crippen LogP contribution in [0.15, 0.2) is 23.1 Å². The van der Waals surface area contributed by atoms with Crippen molar-refractivity contribution < 1.29 is 22.7 Å². The summed E-state index contributed by atoms with van der Waals surface area (Å²) < 4.78 is 37.3. The number of sulfonamides is 1. The molecule has 1 aromatic carbocycles. The van der Waals surface area contributed by atoms with Gasteiger partial charge in [-0.3, -0.25) is 4.79 Å². The van der Waals surface area contributed by atoms with E-state index in [-0.39, 0.29) is 34.8 Å². The molecule has 0 bridgehead atoms. The zero-order chi connectivity index (χ0) is 20.7. The smallest absolute Gasteiger partial charge is 0.244 e. The number of nitrogens with zero attached hydrogens (tertiary/aromatic N) is 2. The molecule has 1 saturated heterocycles. The molecular formula is C18H26Cl2N2O5S. The lowest BCUT2D eigenvalue weighted by Gasteiger charge is -2.33. The average Bonchev–Trinajstić information content (AvgIpc) is 2.69. The SMILES string of the molecule is COCCN(CCOC)C(=O)C1CCN(S(=O)(=O)c2cc(Cl)ccc2Cl)CC1. The van der Waals surface area contributed by atoms with Gasteiger partial charge in [0.1, 0.15) is 4.90 Å². The van der Waals surface area contributed by atoms with Crippen molar-refractivity contribution in [1.29, 1.82) is 0 Å². The van der Waals surface area contributed by atoms with Crippen molar-refractivity contribution in [3.8, 4) is 0 Å². The van der Waals surface area contributed by atoms with E-state index in [0.717, 1.165) is 0 Å². The third-order valence-corrected chi connectivity index (χ3v) is 7.37. The van der Waals surface area contributed by atoms with Gasteiger partial charge in [-0.1, -0.05) is 23.2 Å². The molecule has 1 amide bonds. The van der Waals surface area contributed by atoms with Crippen LogP contribution in [0, 0.1) is 5.92 Å². The van der Waals surface area contributed by atoms with Gasteiger partial charge < -0.3 is 14.4 Å². The van der Waals surface area contributed by atoms with Gasteiger partial charge in [-0.05, 0) is 31.0 Å². The molecule has 7 nitrogen and oxygen atoms in total. The van der Waals surface area contributed by atoms with Crippen LogP contribution < -0.4 is 0 Å². The number of methoxy groups -OCH3 is 2. The molecule has 10 heteroatoms. The summed E-state index contributed by atoms with van der Waals surface area (Å²) in [6.07, 6.45) is 0.902. The molecule has 2 rings (SSSR count). The number of carbonyl (C=O) groups is 1. The molecule has 0 aliphatic carbocycles. The Labute approximate surface area is 176 Å². The number of halogens is 2. The molecule has 0 N–H and O–H groups in total. The lowest BCUT2D eigenvalue weighted by molar-refractivity contribution is -0.138. The van der Waals surface area contributed by atoms with Crippen molar-refractivity contribution in [3.05, 3.63) is 28.2 Å². The van der Waals surface area contributed by atoms with E-state index in [2.05, 4.69) is 0 Å². The number of benzene rings is 1. The Kier molecular flexibility index (Phi) is 8.98. The standard InChI is InChI=1S/C18H26Cl2N2O5S/c1-26-11-9-21(10-12-27-2)18(23)14-5-7-22(8-6-14)28(24,25)17-13-15(19)3-4-16(17)20/h3-4,13-14H,5-12H2,1-2H3. The molecule has 158 valence electrons. The summed E-state index contributed by atoms with van der Waals surface area (Å²) in [7, 11) is -0.588. The minimum Gasteiger partial charge on any atom is -0.383 e. The van der Waals surface area contributed by atoms with Crippen LogP contribution in [0.5, 0.6) is 0 Å². The van der Waals surface area contributed by atoms with E-state index in [0.29, 0.717) is 44.2 Å². The summed E-state index contributed by atoms with van der Waals surface area (Å²) in [6.45, 7) is 2.35. The second-order valence-corrected chi connectivity index (χ2v) is 9.31. The summed E-state index contributed by atoms with van der Waals surface area (Å²) >= 11 is 12.0. The number of amides is 1. The first-order valence-electron chi connectivity index (χ1n) is 9.03. The van der Waals surface area contributed by atoms with Crippen molar-refractivity contribution in [2.24, 2.45) is 5.92 Å². The Hall–Kier alpha value is -0.900. The van der Waals surface area contributed by atoms with E-state index >= 15 is 0 Å². The number of carbonyl (C=O) groups excluding carboxylic acids is 1. The first kappa shape index (κ1) is 23.4. The Balaban J connectivity index is 2.04. The maximum Gasteiger partial charge on any atom is 0.244 e. The van der Waals surface area contributed by atoms with Gasteiger partial charge in [0.15, 0.2) is 0 Å². The van der Waals surface area contributed by atoms with Gasteiger partial charge in [-0.2, -0.15) is 4.31 Å². The topological polar surface area (TPSA) is 76.2 Å². The van der Waals surface area contributed by atoms with Crippen LogP contribution in [0.3, 0.4) is 0 Å². The maximum absolute atomic E-state index is 12.9. The lowest BCUT2D eigenvalue weighted by atomic mass is 9.96. The maximum atomic E-state index is 12.9. The highest BCUT2D eigenvalue weighted by atomic mass is 35.5. The van der Waals surface area contributed by atoms with Crippen LogP contribution in [0.1, 0.15) is 12.8 Å². The predicted octanol–water partition coefficient (Wildman–Crippen LogP) is 2.52. The molecule has 1 fully saturated rings. The lowest BCUT2D eigenvalue weighted by Crippen LogP contribution is -2.46. The summed E-state index contributed by atoms with van der Waals surface area (Å²) in [6, 6.07) is 4.37. The molecule has 0 atom stereocenters. The quantitative estimate of drug-likeness (QED) is 0.575. The summed E-state index contributed by atoms with van der Waals surface area (Å²) in [5.74, 6) is -0.220. The van der Waals surface area contributed by atoms with Gasteiger partial charge in [0.05, 0.1) is 18.2 Å². The number of piperidine rings is 1. The van der Waals surface area contributed by atoms with E-state index < -0.39 is 10.0 Å². The first-order chi connectivity index (χ1) is 13.3. The van der Waals surface area contributed by atoms with Crippen molar-refractivity contribution in [2.45, 2.75) is 17.7 Å². The predicted molar refractivity (Wildman–Crippen MR) is 108 cm³/mol. The van der Waals surface area contributed by atoms with Crippen LogP contribution in [0.25, 0.3) is 0 Å². The monoisotopic (exact) mass is 452 g/mol. The van der Waals surface area contributed by atoms with E-state index in [1.165, 1.54) is 16.4 Å². The van der Waals surface area contributed by atoms with Gasteiger partial charge in [0, 0.05) is 51.3 Å². The van der Waals surface area contributed by atoms with Crippen molar-refractivity contribution in [3.63, 3.8) is 0 Å². The second-order valence-electron chi connectivity index (χ2n) is 6.56. The van der Waals surface area contributed by atoms with Gasteiger partial charge >= 0.3 is 0 Å². The van der Waals surface area contributed by atoms with Crippen LogP contribution in [0.2, 0.25) is 10.0 Å². The first-order valence-corrected chi connectivity index (χ1v) is 11.2. The highest BCUT2D eigenvalue weighted by Gasteiger charge is 2.34. The van der Waals surface area contributed by atoms with Crippen molar-refractivity contribution in [2.75, 3.05) is 53.6 Å². The van der Waals surface area contributed by atoms with Gasteiger partial charge in [-0.15, -0.1) is 0 Å². The Morgan fingerprint density at radius 2 is 1.71 bits per heavy atom. The van der Waals surface area contributed by atoms with Crippen molar-refractivity contribution in [1.82, 2.24) is 9.21 Å². The zero-order valence-electron chi connectivity index (χ0n) is 16.1. The number of ether oxygens (including phenoxy) is 2. The van der Waals surface area contributed by atoms with E-state index in [1.54, 1.807) is 25.2 Å². The van der Waals surface area contributed by atoms with E-state index in [9.17, 15) is 13.2 Å². The molecule has 0 unspecified atom stereocenters. The highest BCUT2D eigenvalue weighted by Crippen LogP contribution is 2.30. The van der Waals surface area contributed by atoms with Crippen molar-refractivity contribution >= 4 is 39.1 Å². The van der Waals surface area contributed by atoms with Gasteiger partial charge in [0.2, 0.25) is 15.9 Å². The van der Waals surface area contributed by atoms with Crippen LogP contribution in [0.4, 0.5) is 0 Å². The molecule has 0 aromatic heterocycles. The Bertz CT molecular complexity index is 759. The molecular weight excluding hydrogens is 427 g/mol. The van der Waals surface area contributed by atoms with E-state index in [4.69, 9.17) is 32.7 Å². The summed E-state index contributed by atoms with van der Waals surface area (Å²) in [5.41, 5.74) is 0. The van der Waals surface area contributed by atoms with E-state index in [1.807, 2.05) is 0 Å². The zero-order valence-corrected chi connectivity index (χ0v) is 18.4. The molecule has 1 heterocycles. The Morgan fingerprint density at radius 1 is 1.14 bits per heavy atom.